The molecule has 0 fully saturated rings. The second-order valence-corrected chi connectivity index (χ2v) is 6.04. The fourth-order valence-electron chi connectivity index (χ4n) is 1.55. The highest BCUT2D eigenvalue weighted by Gasteiger charge is 2.10. The highest BCUT2D eigenvalue weighted by atomic mass is 79.9. The minimum Gasteiger partial charge on any atom is -0.465 e. The summed E-state index contributed by atoms with van der Waals surface area (Å²) in [5.74, 6) is 0.0779. The van der Waals surface area contributed by atoms with Crippen LogP contribution in [-0.2, 0) is 14.3 Å². The second-order valence-electron chi connectivity index (χ2n) is 4.14. The maximum Gasteiger partial charge on any atom is 0.315 e. The Morgan fingerprint density at radius 2 is 1.95 bits per heavy atom. The van der Waals surface area contributed by atoms with Gasteiger partial charge < -0.3 is 10.1 Å². The van der Waals surface area contributed by atoms with E-state index in [1.807, 2.05) is 31.2 Å². The molecule has 1 atom stereocenters. The Labute approximate surface area is 131 Å². The lowest BCUT2D eigenvalue weighted by Gasteiger charge is -2.14. The molecule has 0 aliphatic rings. The number of hydrogen-bond acceptors (Lipinski definition) is 4. The number of amides is 1. The van der Waals surface area contributed by atoms with Gasteiger partial charge in [0.1, 0.15) is 0 Å². The van der Waals surface area contributed by atoms with Gasteiger partial charge in [-0.05, 0) is 31.5 Å². The Hall–Kier alpha value is -1.01. The zero-order chi connectivity index (χ0) is 15.0. The number of benzene rings is 1. The van der Waals surface area contributed by atoms with Crippen molar-refractivity contribution in [3.63, 3.8) is 0 Å². The molecule has 0 aliphatic heterocycles. The number of esters is 1. The first-order valence-electron chi connectivity index (χ1n) is 6.31. The standard InChI is InChI=1S/C14H18BrNO3S/c1-3-19-14(18)9-20-8-13(17)16-10(2)11-4-6-12(15)7-5-11/h4-7,10H,3,8-9H2,1-2H3,(H,16,17)/t10-/m1/s1. The van der Waals surface area contributed by atoms with Crippen molar-refractivity contribution < 1.29 is 14.3 Å². The van der Waals surface area contributed by atoms with E-state index in [0.29, 0.717) is 6.61 Å². The molecular formula is C14H18BrNO3S. The van der Waals surface area contributed by atoms with E-state index in [2.05, 4.69) is 21.2 Å². The zero-order valence-electron chi connectivity index (χ0n) is 11.5. The maximum absolute atomic E-state index is 11.7. The molecule has 0 radical (unpaired) electrons. The third-order valence-corrected chi connectivity index (χ3v) is 3.94. The minimum absolute atomic E-state index is 0.0567. The quantitative estimate of drug-likeness (QED) is 0.760. The van der Waals surface area contributed by atoms with E-state index in [1.54, 1.807) is 6.92 Å². The summed E-state index contributed by atoms with van der Waals surface area (Å²) in [5, 5.41) is 2.89. The van der Waals surface area contributed by atoms with Crippen molar-refractivity contribution in [3.8, 4) is 0 Å². The van der Waals surface area contributed by atoms with E-state index in [4.69, 9.17) is 4.74 Å². The highest BCUT2D eigenvalue weighted by molar-refractivity contribution is 9.10. The smallest absolute Gasteiger partial charge is 0.315 e. The van der Waals surface area contributed by atoms with Crippen LogP contribution in [0.4, 0.5) is 0 Å². The molecule has 0 bridgehead atoms. The monoisotopic (exact) mass is 359 g/mol. The lowest BCUT2D eigenvalue weighted by Crippen LogP contribution is -2.28. The third-order valence-electron chi connectivity index (χ3n) is 2.51. The average Bonchev–Trinajstić information content (AvgIpc) is 2.39. The average molecular weight is 360 g/mol. The molecule has 0 aliphatic carbocycles. The molecule has 1 N–H and O–H groups in total. The van der Waals surface area contributed by atoms with Crippen LogP contribution in [0.2, 0.25) is 0 Å². The van der Waals surface area contributed by atoms with Gasteiger partial charge in [0.15, 0.2) is 0 Å². The number of hydrogen-bond donors (Lipinski definition) is 1. The molecule has 0 spiro atoms. The van der Waals surface area contributed by atoms with Crippen LogP contribution in [0.5, 0.6) is 0 Å². The summed E-state index contributed by atoms with van der Waals surface area (Å²) in [6, 6.07) is 7.74. The molecule has 0 unspecified atom stereocenters. The SMILES string of the molecule is CCOC(=O)CSCC(=O)N[C@H](C)c1ccc(Br)cc1. The van der Waals surface area contributed by atoms with Gasteiger partial charge in [0.05, 0.1) is 24.2 Å². The largest absolute Gasteiger partial charge is 0.465 e. The highest BCUT2D eigenvalue weighted by Crippen LogP contribution is 2.16. The van der Waals surface area contributed by atoms with Crippen LogP contribution in [0.3, 0.4) is 0 Å². The van der Waals surface area contributed by atoms with Gasteiger partial charge in [0.25, 0.3) is 0 Å². The van der Waals surface area contributed by atoms with Gasteiger partial charge in [-0.2, -0.15) is 0 Å². The van der Waals surface area contributed by atoms with Gasteiger partial charge in [0, 0.05) is 4.47 Å². The summed E-state index contributed by atoms with van der Waals surface area (Å²) >= 11 is 4.63. The topological polar surface area (TPSA) is 55.4 Å². The molecular weight excluding hydrogens is 342 g/mol. The molecule has 0 saturated heterocycles. The van der Waals surface area contributed by atoms with Crippen molar-refractivity contribution in [2.24, 2.45) is 0 Å². The predicted molar refractivity (Wildman–Crippen MR) is 84.7 cm³/mol. The Balaban J connectivity index is 2.31. The lowest BCUT2D eigenvalue weighted by molar-refractivity contribution is -0.139. The summed E-state index contributed by atoms with van der Waals surface area (Å²) in [6.07, 6.45) is 0. The van der Waals surface area contributed by atoms with Crippen molar-refractivity contribution in [3.05, 3.63) is 34.3 Å². The number of ether oxygens (including phenoxy) is 1. The molecule has 0 saturated carbocycles. The molecule has 1 amide bonds. The first kappa shape index (κ1) is 17.0. The summed E-state index contributed by atoms with van der Waals surface area (Å²) in [7, 11) is 0. The van der Waals surface area contributed by atoms with Gasteiger partial charge in [-0.1, -0.05) is 28.1 Å². The number of carbonyl (C=O) groups is 2. The molecule has 1 rings (SSSR count). The number of halogens is 1. The molecule has 1 aromatic carbocycles. The van der Waals surface area contributed by atoms with E-state index in [1.165, 1.54) is 11.8 Å². The number of thioether (sulfide) groups is 1. The first-order valence-corrected chi connectivity index (χ1v) is 8.26. The van der Waals surface area contributed by atoms with Crippen LogP contribution in [0, 0.1) is 0 Å². The molecule has 6 heteroatoms. The summed E-state index contributed by atoms with van der Waals surface area (Å²) in [6.45, 7) is 4.05. The van der Waals surface area contributed by atoms with E-state index >= 15 is 0 Å². The van der Waals surface area contributed by atoms with E-state index in [9.17, 15) is 9.59 Å². The summed E-state index contributed by atoms with van der Waals surface area (Å²) in [4.78, 5) is 22.9. The molecule has 20 heavy (non-hydrogen) atoms. The summed E-state index contributed by atoms with van der Waals surface area (Å²) in [5.41, 5.74) is 1.04. The van der Waals surface area contributed by atoms with Crippen LogP contribution >= 0.6 is 27.7 Å². The van der Waals surface area contributed by atoms with Crippen LogP contribution < -0.4 is 5.32 Å². The van der Waals surface area contributed by atoms with Crippen molar-refractivity contribution in [2.45, 2.75) is 19.9 Å². The Morgan fingerprint density at radius 3 is 2.55 bits per heavy atom. The number of nitrogens with one attached hydrogen (secondary N) is 1. The van der Waals surface area contributed by atoms with E-state index in [-0.39, 0.29) is 29.4 Å². The number of carbonyl (C=O) groups excluding carboxylic acids is 2. The fourth-order valence-corrected chi connectivity index (χ4v) is 2.43. The van der Waals surface area contributed by atoms with E-state index < -0.39 is 0 Å². The maximum atomic E-state index is 11.7. The van der Waals surface area contributed by atoms with E-state index in [0.717, 1.165) is 10.0 Å². The zero-order valence-corrected chi connectivity index (χ0v) is 13.9. The Morgan fingerprint density at radius 1 is 1.30 bits per heavy atom. The van der Waals surface area contributed by atoms with Gasteiger partial charge >= 0.3 is 5.97 Å². The lowest BCUT2D eigenvalue weighted by atomic mass is 10.1. The fraction of sp³-hybridized carbons (Fsp3) is 0.429. The molecule has 4 nitrogen and oxygen atoms in total. The molecule has 1 aromatic rings. The summed E-state index contributed by atoms with van der Waals surface area (Å²) < 4.78 is 5.79. The third kappa shape index (κ3) is 6.43. The van der Waals surface area contributed by atoms with Crippen LogP contribution in [0.25, 0.3) is 0 Å². The second kappa shape index (κ2) is 9.02. The number of rotatable bonds is 7. The molecule has 110 valence electrons. The van der Waals surface area contributed by atoms with Crippen LogP contribution in [0.15, 0.2) is 28.7 Å². The van der Waals surface area contributed by atoms with Crippen LogP contribution in [-0.4, -0.2) is 30.0 Å². The first-order chi connectivity index (χ1) is 9.52. The van der Waals surface area contributed by atoms with Gasteiger partial charge in [0.2, 0.25) is 5.91 Å². The van der Waals surface area contributed by atoms with Gasteiger partial charge in [-0.3, -0.25) is 9.59 Å². The van der Waals surface area contributed by atoms with Crippen LogP contribution in [0.1, 0.15) is 25.5 Å². The Kier molecular flexibility index (Phi) is 7.69. The van der Waals surface area contributed by atoms with Crippen molar-refractivity contribution in [1.29, 1.82) is 0 Å². The minimum atomic E-state index is -0.286. The molecule has 0 heterocycles. The predicted octanol–water partition coefficient (Wildman–Crippen LogP) is 2.92. The van der Waals surface area contributed by atoms with Crippen molar-refractivity contribution >= 4 is 39.6 Å². The van der Waals surface area contributed by atoms with Gasteiger partial charge in [-0.25, -0.2) is 0 Å². The Bertz CT molecular complexity index is 450. The van der Waals surface area contributed by atoms with Gasteiger partial charge in [-0.15, -0.1) is 11.8 Å². The normalized spacial score (nSPS) is 11.8. The van der Waals surface area contributed by atoms with Crippen molar-refractivity contribution in [2.75, 3.05) is 18.1 Å². The molecule has 0 aromatic heterocycles. The van der Waals surface area contributed by atoms with Crippen molar-refractivity contribution in [1.82, 2.24) is 5.32 Å².